The van der Waals surface area contributed by atoms with E-state index < -0.39 is 5.60 Å². The summed E-state index contributed by atoms with van der Waals surface area (Å²) in [7, 11) is 0. The highest BCUT2D eigenvalue weighted by atomic mass is 16.3. The first-order valence-electron chi connectivity index (χ1n) is 13.4. The third-order valence-corrected chi connectivity index (χ3v) is 7.83. The lowest BCUT2D eigenvalue weighted by Gasteiger charge is -2.36. The van der Waals surface area contributed by atoms with Crippen LogP contribution in [0, 0.1) is 11.3 Å². The summed E-state index contributed by atoms with van der Waals surface area (Å²) in [4.78, 5) is 18.5. The first-order chi connectivity index (χ1) is 18.5. The van der Waals surface area contributed by atoms with E-state index in [2.05, 4.69) is 23.1 Å². The van der Waals surface area contributed by atoms with E-state index in [0.29, 0.717) is 61.9 Å². The molecule has 1 fully saturated rings. The molecule has 2 heterocycles. The van der Waals surface area contributed by atoms with Crippen molar-refractivity contribution in [2.45, 2.75) is 69.9 Å². The highest BCUT2D eigenvalue weighted by molar-refractivity contribution is 5.70. The van der Waals surface area contributed by atoms with Crippen molar-refractivity contribution in [3.05, 3.63) is 87.6 Å². The van der Waals surface area contributed by atoms with Gasteiger partial charge in [0.25, 0.3) is 5.56 Å². The van der Waals surface area contributed by atoms with Crippen molar-refractivity contribution in [2.24, 2.45) is 0 Å². The van der Waals surface area contributed by atoms with E-state index in [4.69, 9.17) is 0 Å². The molecule has 0 radical (unpaired) electrons. The van der Waals surface area contributed by atoms with Gasteiger partial charge in [0.15, 0.2) is 0 Å². The number of nitrogens with zero attached hydrogens (tertiary/aromatic N) is 5. The number of nitriles is 1. The third-order valence-electron chi connectivity index (χ3n) is 7.83. The monoisotopic (exact) mass is 511 g/mol. The van der Waals surface area contributed by atoms with Crippen LogP contribution in [0.4, 0.5) is 0 Å². The van der Waals surface area contributed by atoms with E-state index in [1.54, 1.807) is 4.57 Å². The van der Waals surface area contributed by atoms with Gasteiger partial charge in [-0.05, 0) is 61.3 Å². The standard InChI is InChI=1S/C30H33N5O3/c1-2-5-27-26(18-21-8-10-22(11-9-21)25-7-4-3-6-23(25)19-31)28(37)34(29-32-20-33-35(27)29)24-12-14-30(38,15-13-24)16-17-36/h3-4,6-11,20,24,36,38H,2,5,12-18H2,1H3. The van der Waals surface area contributed by atoms with Crippen LogP contribution in [0.5, 0.6) is 0 Å². The molecule has 1 aliphatic rings. The van der Waals surface area contributed by atoms with Gasteiger partial charge in [-0.15, -0.1) is 0 Å². The summed E-state index contributed by atoms with van der Waals surface area (Å²) in [6.45, 7) is 2.04. The fourth-order valence-electron chi connectivity index (χ4n) is 5.77. The minimum absolute atomic E-state index is 0.0493. The lowest BCUT2D eigenvalue weighted by atomic mass is 9.80. The molecule has 0 atom stereocenters. The number of fused-ring (bicyclic) bond motifs is 1. The number of aromatic nitrogens is 4. The molecule has 2 aromatic carbocycles. The number of benzene rings is 2. The molecule has 2 aromatic heterocycles. The minimum Gasteiger partial charge on any atom is -0.396 e. The van der Waals surface area contributed by atoms with Crippen LogP contribution < -0.4 is 5.56 Å². The lowest BCUT2D eigenvalue weighted by molar-refractivity contribution is -0.0260. The average molecular weight is 512 g/mol. The number of aliphatic hydroxyl groups excluding tert-OH is 1. The second-order valence-corrected chi connectivity index (χ2v) is 10.3. The Kier molecular flexibility index (Phi) is 7.41. The van der Waals surface area contributed by atoms with Crippen molar-refractivity contribution >= 4 is 5.78 Å². The van der Waals surface area contributed by atoms with Crippen molar-refractivity contribution in [1.82, 2.24) is 19.2 Å². The predicted molar refractivity (Wildman–Crippen MR) is 145 cm³/mol. The van der Waals surface area contributed by atoms with Crippen LogP contribution >= 0.6 is 0 Å². The molecule has 0 aliphatic heterocycles. The van der Waals surface area contributed by atoms with Crippen LogP contribution in [0.2, 0.25) is 0 Å². The molecular weight excluding hydrogens is 478 g/mol. The Balaban J connectivity index is 1.52. The van der Waals surface area contributed by atoms with Crippen LogP contribution in [0.15, 0.2) is 59.7 Å². The molecular formula is C30H33N5O3. The normalized spacial score (nSPS) is 19.5. The van der Waals surface area contributed by atoms with E-state index >= 15 is 0 Å². The van der Waals surface area contributed by atoms with Crippen molar-refractivity contribution < 1.29 is 10.2 Å². The van der Waals surface area contributed by atoms with E-state index in [0.717, 1.165) is 28.8 Å². The molecule has 0 unspecified atom stereocenters. The molecule has 0 amide bonds. The van der Waals surface area contributed by atoms with Gasteiger partial charge in [0.1, 0.15) is 6.33 Å². The molecule has 0 spiro atoms. The molecule has 0 saturated heterocycles. The second kappa shape index (κ2) is 10.9. The van der Waals surface area contributed by atoms with Crippen molar-refractivity contribution in [1.29, 1.82) is 5.26 Å². The second-order valence-electron chi connectivity index (χ2n) is 10.3. The van der Waals surface area contributed by atoms with Gasteiger partial charge in [-0.25, -0.2) is 4.52 Å². The predicted octanol–water partition coefficient (Wildman–Crippen LogP) is 4.20. The summed E-state index contributed by atoms with van der Waals surface area (Å²) in [5.41, 5.74) is 4.15. The third kappa shape index (κ3) is 4.87. The first-order valence-corrected chi connectivity index (χ1v) is 13.4. The quantitative estimate of drug-likeness (QED) is 0.366. The number of rotatable bonds is 8. The topological polar surface area (TPSA) is 116 Å². The summed E-state index contributed by atoms with van der Waals surface area (Å²) in [6, 6.07) is 17.7. The van der Waals surface area contributed by atoms with Crippen LogP contribution in [0.3, 0.4) is 0 Å². The van der Waals surface area contributed by atoms with Crippen molar-refractivity contribution in [2.75, 3.05) is 6.61 Å². The van der Waals surface area contributed by atoms with Gasteiger partial charge in [0, 0.05) is 24.6 Å². The fourth-order valence-corrected chi connectivity index (χ4v) is 5.77. The van der Waals surface area contributed by atoms with Crippen molar-refractivity contribution in [3.63, 3.8) is 0 Å². The highest BCUT2D eigenvalue weighted by Gasteiger charge is 2.35. The van der Waals surface area contributed by atoms with Crippen LogP contribution in [0.25, 0.3) is 16.9 Å². The smallest absolute Gasteiger partial charge is 0.259 e. The van der Waals surface area contributed by atoms with Gasteiger partial charge in [0.2, 0.25) is 5.78 Å². The molecule has 4 aromatic rings. The lowest BCUT2D eigenvalue weighted by Crippen LogP contribution is -2.39. The number of aryl methyl sites for hydroxylation is 1. The Hall–Kier alpha value is -3.80. The van der Waals surface area contributed by atoms with E-state index in [1.165, 1.54) is 6.33 Å². The summed E-state index contributed by atoms with van der Waals surface area (Å²) in [5, 5.41) is 34.1. The van der Waals surface area contributed by atoms with Crippen LogP contribution in [0.1, 0.15) is 73.9 Å². The molecule has 0 bridgehead atoms. The van der Waals surface area contributed by atoms with Gasteiger partial charge in [-0.1, -0.05) is 55.8 Å². The van der Waals surface area contributed by atoms with Gasteiger partial charge in [0.05, 0.1) is 22.9 Å². The summed E-state index contributed by atoms with van der Waals surface area (Å²) < 4.78 is 3.59. The summed E-state index contributed by atoms with van der Waals surface area (Å²) in [6.07, 6.45) is 6.23. The largest absolute Gasteiger partial charge is 0.396 e. The Morgan fingerprint density at radius 2 is 1.87 bits per heavy atom. The summed E-state index contributed by atoms with van der Waals surface area (Å²) in [5.74, 6) is 0.545. The minimum atomic E-state index is -0.879. The van der Waals surface area contributed by atoms with Crippen LogP contribution in [-0.2, 0) is 12.8 Å². The Bertz CT molecular complexity index is 1520. The van der Waals surface area contributed by atoms with Gasteiger partial charge < -0.3 is 10.2 Å². The maximum Gasteiger partial charge on any atom is 0.259 e. The summed E-state index contributed by atoms with van der Waals surface area (Å²) >= 11 is 0. The maximum absolute atomic E-state index is 14.1. The Morgan fingerprint density at radius 3 is 2.55 bits per heavy atom. The molecule has 38 heavy (non-hydrogen) atoms. The molecule has 8 heteroatoms. The first kappa shape index (κ1) is 25.8. The molecule has 1 aliphatic carbocycles. The average Bonchev–Trinajstić information content (AvgIpc) is 3.41. The van der Waals surface area contributed by atoms with Gasteiger partial charge in [-0.2, -0.15) is 15.3 Å². The number of aliphatic hydroxyl groups is 2. The fraction of sp³-hybridized carbons (Fsp3) is 0.400. The van der Waals surface area contributed by atoms with Crippen LogP contribution in [-0.4, -0.2) is 41.6 Å². The molecule has 5 rings (SSSR count). The van der Waals surface area contributed by atoms with Gasteiger partial charge >= 0.3 is 0 Å². The number of hydrogen-bond acceptors (Lipinski definition) is 6. The zero-order valence-corrected chi connectivity index (χ0v) is 21.7. The molecule has 8 nitrogen and oxygen atoms in total. The zero-order valence-electron chi connectivity index (χ0n) is 21.7. The molecule has 1 saturated carbocycles. The molecule has 2 N–H and O–H groups in total. The highest BCUT2D eigenvalue weighted by Crippen LogP contribution is 2.37. The van der Waals surface area contributed by atoms with E-state index in [-0.39, 0.29) is 18.2 Å². The SMILES string of the molecule is CCCc1c(Cc2ccc(-c3ccccc3C#N)cc2)c(=O)n(C2CCC(O)(CCO)CC2)c2ncnn12. The van der Waals surface area contributed by atoms with E-state index in [9.17, 15) is 20.3 Å². The maximum atomic E-state index is 14.1. The number of hydrogen-bond donors (Lipinski definition) is 2. The Morgan fingerprint density at radius 1 is 1.13 bits per heavy atom. The zero-order chi connectivity index (χ0) is 26.7. The van der Waals surface area contributed by atoms with E-state index in [1.807, 2.05) is 53.0 Å². The van der Waals surface area contributed by atoms with Crippen molar-refractivity contribution in [3.8, 4) is 17.2 Å². The Labute approximate surface area is 221 Å². The van der Waals surface area contributed by atoms with Gasteiger partial charge in [-0.3, -0.25) is 9.36 Å². The molecule has 196 valence electrons.